The van der Waals surface area contributed by atoms with E-state index in [4.69, 9.17) is 0 Å². The van der Waals surface area contributed by atoms with E-state index in [0.717, 1.165) is 28.2 Å². The molecule has 0 aliphatic rings. The minimum Gasteiger partial charge on any atom is -0.319 e. The predicted octanol–water partition coefficient (Wildman–Crippen LogP) is 4.73. The molecule has 0 fully saturated rings. The third kappa shape index (κ3) is 3.69. The monoisotopic (exact) mass is 347 g/mol. The molecule has 4 heteroatoms. The highest BCUT2D eigenvalue weighted by Crippen LogP contribution is 2.22. The number of nitrogens with zero attached hydrogens (tertiary/aromatic N) is 2. The van der Waals surface area contributed by atoms with Gasteiger partial charge in [0.05, 0.1) is 23.6 Å². The number of carbonyl (C=O) groups is 1. The number of nitrogens with one attached hydrogen (secondary N) is 1. The molecule has 134 valence electrons. The zero-order valence-electron chi connectivity index (χ0n) is 16.1. The fraction of sp³-hybridized carbons (Fsp3) is 0.273. The summed E-state index contributed by atoms with van der Waals surface area (Å²) in [5.41, 5.74) is 7.76. The fourth-order valence-electron chi connectivity index (χ4n) is 3.18. The first-order valence-electron chi connectivity index (χ1n) is 8.83. The molecule has 0 atom stereocenters. The summed E-state index contributed by atoms with van der Waals surface area (Å²) in [5, 5.41) is 7.68. The lowest BCUT2D eigenvalue weighted by atomic mass is 10.0. The van der Waals surface area contributed by atoms with Crippen LogP contribution in [0, 0.1) is 34.6 Å². The molecule has 3 aromatic rings. The molecule has 0 aliphatic carbocycles. The minimum atomic E-state index is -0.0903. The van der Waals surface area contributed by atoms with E-state index >= 15 is 0 Å². The first kappa shape index (κ1) is 17.9. The molecule has 2 aromatic carbocycles. The van der Waals surface area contributed by atoms with Gasteiger partial charge in [-0.15, -0.1) is 0 Å². The third-order valence-electron chi connectivity index (χ3n) is 4.67. The van der Waals surface area contributed by atoms with Crippen LogP contribution in [0.25, 0.3) is 0 Å². The van der Waals surface area contributed by atoms with Crippen LogP contribution in [-0.4, -0.2) is 15.7 Å². The summed E-state index contributed by atoms with van der Waals surface area (Å²) < 4.78 is 1.95. The van der Waals surface area contributed by atoms with Gasteiger partial charge in [-0.25, -0.2) is 0 Å². The molecule has 26 heavy (non-hydrogen) atoms. The van der Waals surface area contributed by atoms with Crippen LogP contribution >= 0.6 is 0 Å². The van der Waals surface area contributed by atoms with Gasteiger partial charge in [0.2, 0.25) is 0 Å². The molecular formula is C22H25N3O. The van der Waals surface area contributed by atoms with E-state index in [0.29, 0.717) is 12.1 Å². The molecule has 3 rings (SSSR count). The van der Waals surface area contributed by atoms with E-state index in [1.54, 1.807) is 0 Å². The van der Waals surface area contributed by atoms with Crippen LogP contribution in [0.4, 0.5) is 5.69 Å². The number of aryl methyl sites for hydroxylation is 4. The molecule has 0 unspecified atom stereocenters. The van der Waals surface area contributed by atoms with E-state index in [1.165, 1.54) is 11.1 Å². The van der Waals surface area contributed by atoms with Gasteiger partial charge in [-0.1, -0.05) is 47.5 Å². The average molecular weight is 347 g/mol. The largest absolute Gasteiger partial charge is 0.319 e. The average Bonchev–Trinajstić information content (AvgIpc) is 2.84. The zero-order valence-corrected chi connectivity index (χ0v) is 16.1. The van der Waals surface area contributed by atoms with Gasteiger partial charge < -0.3 is 5.32 Å². The predicted molar refractivity (Wildman–Crippen MR) is 106 cm³/mol. The van der Waals surface area contributed by atoms with Crippen molar-refractivity contribution < 1.29 is 4.79 Å². The second kappa shape index (κ2) is 7.16. The van der Waals surface area contributed by atoms with E-state index in [2.05, 4.69) is 41.6 Å². The zero-order chi connectivity index (χ0) is 18.8. The van der Waals surface area contributed by atoms with Gasteiger partial charge in [0.15, 0.2) is 0 Å². The summed E-state index contributed by atoms with van der Waals surface area (Å²) in [7, 11) is 0. The molecule has 0 radical (unpaired) electrons. The van der Waals surface area contributed by atoms with E-state index in [-0.39, 0.29) is 5.91 Å². The van der Waals surface area contributed by atoms with Gasteiger partial charge in [0.25, 0.3) is 5.91 Å². The van der Waals surface area contributed by atoms with Crippen molar-refractivity contribution in [1.82, 2.24) is 9.78 Å². The Kier molecular flexibility index (Phi) is 4.94. The number of hydrogen-bond donors (Lipinski definition) is 1. The minimum absolute atomic E-state index is 0.0903. The number of aromatic nitrogens is 2. The molecule has 1 aromatic heterocycles. The summed E-state index contributed by atoms with van der Waals surface area (Å²) >= 11 is 0. The number of carbonyl (C=O) groups excluding carboxylic acids is 1. The van der Waals surface area contributed by atoms with Gasteiger partial charge in [0, 0.05) is 5.56 Å². The molecule has 1 heterocycles. The Hall–Kier alpha value is -2.88. The summed E-state index contributed by atoms with van der Waals surface area (Å²) in [4.78, 5) is 12.8. The van der Waals surface area contributed by atoms with Crippen LogP contribution in [0.1, 0.15) is 44.0 Å². The molecule has 1 amide bonds. The summed E-state index contributed by atoms with van der Waals surface area (Å²) in [6.07, 6.45) is 0. The Balaban J connectivity index is 1.86. The van der Waals surface area contributed by atoms with Crippen molar-refractivity contribution in [2.75, 3.05) is 5.32 Å². The first-order valence-corrected chi connectivity index (χ1v) is 8.83. The number of anilines is 1. The highest BCUT2D eigenvalue weighted by atomic mass is 16.1. The molecule has 1 N–H and O–H groups in total. The maximum atomic E-state index is 12.8. The SMILES string of the molecule is Cc1cccc(Cn2nc(C)c(NC(=O)c3cc(C)ccc3C)c2C)c1. The molecular weight excluding hydrogens is 322 g/mol. The van der Waals surface area contributed by atoms with Gasteiger partial charge in [-0.05, 0) is 51.8 Å². The van der Waals surface area contributed by atoms with Crippen LogP contribution < -0.4 is 5.32 Å². The van der Waals surface area contributed by atoms with Crippen molar-refractivity contribution in [1.29, 1.82) is 0 Å². The van der Waals surface area contributed by atoms with Crippen LogP contribution in [0.2, 0.25) is 0 Å². The second-order valence-electron chi connectivity index (χ2n) is 6.97. The molecule has 0 spiro atoms. The topological polar surface area (TPSA) is 46.9 Å². The highest BCUT2D eigenvalue weighted by Gasteiger charge is 2.16. The first-order chi connectivity index (χ1) is 12.3. The molecule has 4 nitrogen and oxygen atoms in total. The van der Waals surface area contributed by atoms with Crippen LogP contribution in [0.3, 0.4) is 0 Å². The number of rotatable bonds is 4. The second-order valence-corrected chi connectivity index (χ2v) is 6.97. The number of hydrogen-bond acceptors (Lipinski definition) is 2. The summed E-state index contributed by atoms with van der Waals surface area (Å²) in [5.74, 6) is -0.0903. The Morgan fingerprint density at radius 2 is 1.73 bits per heavy atom. The Bertz CT molecular complexity index is 970. The smallest absolute Gasteiger partial charge is 0.256 e. The quantitative estimate of drug-likeness (QED) is 0.742. The van der Waals surface area contributed by atoms with Gasteiger partial charge >= 0.3 is 0 Å². The van der Waals surface area contributed by atoms with Crippen molar-refractivity contribution >= 4 is 11.6 Å². The van der Waals surface area contributed by atoms with Gasteiger partial charge in [-0.2, -0.15) is 5.10 Å². The maximum absolute atomic E-state index is 12.8. The third-order valence-corrected chi connectivity index (χ3v) is 4.67. The Labute approximate surface area is 154 Å². The van der Waals surface area contributed by atoms with Crippen molar-refractivity contribution in [3.05, 3.63) is 81.7 Å². The van der Waals surface area contributed by atoms with Crippen molar-refractivity contribution in [3.63, 3.8) is 0 Å². The van der Waals surface area contributed by atoms with Crippen LogP contribution in [-0.2, 0) is 6.54 Å². The lowest BCUT2D eigenvalue weighted by molar-refractivity contribution is 0.102. The highest BCUT2D eigenvalue weighted by molar-refractivity contribution is 6.06. The molecule has 0 aliphatic heterocycles. The van der Waals surface area contributed by atoms with E-state index < -0.39 is 0 Å². The van der Waals surface area contributed by atoms with Crippen molar-refractivity contribution in [2.45, 2.75) is 41.2 Å². The van der Waals surface area contributed by atoms with Gasteiger partial charge in [0.1, 0.15) is 0 Å². The van der Waals surface area contributed by atoms with Crippen LogP contribution in [0.5, 0.6) is 0 Å². The lowest BCUT2D eigenvalue weighted by Gasteiger charge is -2.10. The number of benzene rings is 2. The van der Waals surface area contributed by atoms with E-state index in [1.807, 2.05) is 50.6 Å². The Morgan fingerprint density at radius 1 is 1.00 bits per heavy atom. The fourth-order valence-corrected chi connectivity index (χ4v) is 3.18. The normalized spacial score (nSPS) is 10.8. The standard InChI is InChI=1S/C22H25N3O/c1-14-7-6-8-19(11-14)13-25-18(5)21(17(4)24-25)23-22(26)20-12-15(2)9-10-16(20)3/h6-12H,13H2,1-5H3,(H,23,26). The number of amides is 1. The maximum Gasteiger partial charge on any atom is 0.256 e. The summed E-state index contributed by atoms with van der Waals surface area (Å²) in [6, 6.07) is 14.3. The summed E-state index contributed by atoms with van der Waals surface area (Å²) in [6.45, 7) is 10.6. The van der Waals surface area contributed by atoms with Crippen molar-refractivity contribution in [2.24, 2.45) is 0 Å². The van der Waals surface area contributed by atoms with Gasteiger partial charge in [-0.3, -0.25) is 9.48 Å². The Morgan fingerprint density at radius 3 is 2.46 bits per heavy atom. The van der Waals surface area contributed by atoms with Crippen molar-refractivity contribution in [3.8, 4) is 0 Å². The molecule has 0 bridgehead atoms. The lowest BCUT2D eigenvalue weighted by Crippen LogP contribution is -2.15. The molecule has 0 saturated heterocycles. The van der Waals surface area contributed by atoms with E-state index in [9.17, 15) is 4.79 Å². The van der Waals surface area contributed by atoms with Crippen LogP contribution in [0.15, 0.2) is 42.5 Å². The molecule has 0 saturated carbocycles.